The molecule has 1 saturated carbocycles. The highest BCUT2D eigenvalue weighted by atomic mass is 35.5. The number of ether oxygens (including phenoxy) is 1. The highest BCUT2D eigenvalue weighted by molar-refractivity contribution is 8.00. The van der Waals surface area contributed by atoms with Crippen LogP contribution in [0, 0.1) is 0 Å². The van der Waals surface area contributed by atoms with Gasteiger partial charge in [0.2, 0.25) is 0 Å². The molecule has 1 aromatic rings. The van der Waals surface area contributed by atoms with Crippen LogP contribution in [0.2, 0.25) is 5.02 Å². The highest BCUT2D eigenvalue weighted by Gasteiger charge is 2.46. The molecule has 0 spiro atoms. The highest BCUT2D eigenvalue weighted by Crippen LogP contribution is 2.42. The number of rotatable bonds is 6. The Morgan fingerprint density at radius 1 is 1.48 bits per heavy atom. The van der Waals surface area contributed by atoms with Gasteiger partial charge in [0, 0.05) is 10.1 Å². The monoisotopic (exact) mass is 327 g/mol. The Balaban J connectivity index is 2.06. The number of likely N-dealkylation sites (N-methyl/N-ethyl adjacent to an activating group) is 1. The van der Waals surface area contributed by atoms with Crippen LogP contribution >= 0.6 is 23.4 Å². The molecule has 0 radical (unpaired) electrons. The van der Waals surface area contributed by atoms with Gasteiger partial charge in [0.05, 0.1) is 11.6 Å². The predicted octanol–water partition coefficient (Wildman–Crippen LogP) is 3.90. The minimum absolute atomic E-state index is 0.117. The minimum Gasteiger partial charge on any atom is -0.465 e. The largest absolute Gasteiger partial charge is 0.465 e. The van der Waals surface area contributed by atoms with Gasteiger partial charge in [-0.25, -0.2) is 0 Å². The molecule has 2 rings (SSSR count). The lowest BCUT2D eigenvalue weighted by molar-refractivity contribution is -0.151. The second-order valence-electron chi connectivity index (χ2n) is 5.25. The van der Waals surface area contributed by atoms with Crippen LogP contribution in [0.3, 0.4) is 0 Å². The molecule has 1 aliphatic carbocycles. The molecule has 116 valence electrons. The van der Waals surface area contributed by atoms with Crippen molar-refractivity contribution in [1.29, 1.82) is 0 Å². The van der Waals surface area contributed by atoms with E-state index in [1.54, 1.807) is 11.8 Å². The topological polar surface area (TPSA) is 38.3 Å². The number of thioether (sulfide) groups is 1. The molecule has 0 heterocycles. The van der Waals surface area contributed by atoms with Crippen LogP contribution in [0.4, 0.5) is 0 Å². The zero-order valence-electron chi connectivity index (χ0n) is 12.5. The first-order valence-electron chi connectivity index (χ1n) is 7.44. The fourth-order valence-electron chi connectivity index (χ4n) is 2.85. The number of halogens is 1. The standard InChI is InChI=1S/C16H22ClNO2S/c1-3-18-16(15(19)20-4-2)10-9-12(11-16)21-14-8-6-5-7-13(14)17/h5-8,12,18H,3-4,9-11H2,1-2H3. The summed E-state index contributed by atoms with van der Waals surface area (Å²) >= 11 is 7.98. The molecule has 1 fully saturated rings. The molecule has 2 unspecified atom stereocenters. The van der Waals surface area contributed by atoms with Crippen molar-refractivity contribution in [2.75, 3.05) is 13.2 Å². The van der Waals surface area contributed by atoms with Gasteiger partial charge in [0.15, 0.2) is 0 Å². The van der Waals surface area contributed by atoms with Crippen molar-refractivity contribution in [2.45, 2.75) is 48.8 Å². The summed E-state index contributed by atoms with van der Waals surface area (Å²) in [5.41, 5.74) is -0.524. The summed E-state index contributed by atoms with van der Waals surface area (Å²) in [7, 11) is 0. The van der Waals surface area contributed by atoms with Gasteiger partial charge >= 0.3 is 5.97 Å². The number of benzene rings is 1. The van der Waals surface area contributed by atoms with Crippen molar-refractivity contribution >= 4 is 29.3 Å². The molecule has 0 bridgehead atoms. The average Bonchev–Trinajstić information content (AvgIpc) is 2.87. The third-order valence-corrected chi connectivity index (χ3v) is 5.57. The normalized spacial score (nSPS) is 25.0. The van der Waals surface area contributed by atoms with Crippen LogP contribution in [0.25, 0.3) is 0 Å². The van der Waals surface area contributed by atoms with Gasteiger partial charge in [0.25, 0.3) is 0 Å². The Morgan fingerprint density at radius 3 is 2.90 bits per heavy atom. The summed E-state index contributed by atoms with van der Waals surface area (Å²) < 4.78 is 5.27. The molecular weight excluding hydrogens is 306 g/mol. The van der Waals surface area contributed by atoms with E-state index in [2.05, 4.69) is 5.32 Å². The average molecular weight is 328 g/mol. The van der Waals surface area contributed by atoms with Crippen LogP contribution in [0.15, 0.2) is 29.2 Å². The molecule has 21 heavy (non-hydrogen) atoms. The van der Waals surface area contributed by atoms with Crippen LogP contribution in [0.5, 0.6) is 0 Å². The lowest BCUT2D eigenvalue weighted by atomic mass is 9.98. The van der Waals surface area contributed by atoms with Crippen LogP contribution in [-0.2, 0) is 9.53 Å². The Morgan fingerprint density at radius 2 is 2.24 bits per heavy atom. The van der Waals surface area contributed by atoms with Crippen molar-refractivity contribution < 1.29 is 9.53 Å². The van der Waals surface area contributed by atoms with Crippen LogP contribution < -0.4 is 5.32 Å². The molecule has 3 nitrogen and oxygen atoms in total. The molecule has 0 aromatic heterocycles. The van der Waals surface area contributed by atoms with Crippen molar-refractivity contribution in [3.8, 4) is 0 Å². The van der Waals surface area contributed by atoms with Crippen molar-refractivity contribution in [2.24, 2.45) is 0 Å². The molecule has 0 aliphatic heterocycles. The molecule has 2 atom stereocenters. The van der Waals surface area contributed by atoms with E-state index in [0.29, 0.717) is 11.9 Å². The predicted molar refractivity (Wildman–Crippen MR) is 88.0 cm³/mol. The maximum atomic E-state index is 12.3. The van der Waals surface area contributed by atoms with Gasteiger partial charge in [-0.15, -0.1) is 11.8 Å². The second kappa shape index (κ2) is 7.52. The molecule has 1 aliphatic rings. The fourth-order valence-corrected chi connectivity index (χ4v) is 4.42. The van der Waals surface area contributed by atoms with Gasteiger partial charge in [-0.1, -0.05) is 30.7 Å². The van der Waals surface area contributed by atoms with Gasteiger partial charge in [-0.3, -0.25) is 4.79 Å². The summed E-state index contributed by atoms with van der Waals surface area (Å²) in [6.07, 6.45) is 2.60. The molecular formula is C16H22ClNO2S. The summed E-state index contributed by atoms with van der Waals surface area (Å²) in [5, 5.41) is 4.51. The van der Waals surface area contributed by atoms with Crippen molar-refractivity contribution in [3.63, 3.8) is 0 Å². The zero-order chi connectivity index (χ0) is 15.3. The molecule has 0 amide bonds. The summed E-state index contributed by atoms with van der Waals surface area (Å²) in [4.78, 5) is 13.4. The number of hydrogen-bond acceptors (Lipinski definition) is 4. The molecule has 5 heteroatoms. The SMILES string of the molecule is CCNC1(C(=O)OCC)CCC(Sc2ccccc2Cl)C1. The van der Waals surface area contributed by atoms with E-state index < -0.39 is 5.54 Å². The first-order chi connectivity index (χ1) is 10.1. The van der Waals surface area contributed by atoms with Crippen LogP contribution in [0.1, 0.15) is 33.1 Å². The Bertz CT molecular complexity index is 497. The van der Waals surface area contributed by atoms with Gasteiger partial charge in [0.1, 0.15) is 5.54 Å². The Labute approximate surface area is 135 Å². The fraction of sp³-hybridized carbons (Fsp3) is 0.562. The third-order valence-electron chi connectivity index (χ3n) is 3.78. The van der Waals surface area contributed by atoms with Crippen molar-refractivity contribution in [1.82, 2.24) is 5.32 Å². The van der Waals surface area contributed by atoms with E-state index >= 15 is 0 Å². The number of hydrogen-bond donors (Lipinski definition) is 1. The van der Waals surface area contributed by atoms with E-state index in [4.69, 9.17) is 16.3 Å². The smallest absolute Gasteiger partial charge is 0.326 e. The van der Waals surface area contributed by atoms with E-state index in [1.165, 1.54) is 0 Å². The first kappa shape index (κ1) is 16.7. The lowest BCUT2D eigenvalue weighted by Gasteiger charge is -2.27. The third kappa shape index (κ3) is 3.93. The maximum absolute atomic E-state index is 12.3. The van der Waals surface area contributed by atoms with E-state index in [9.17, 15) is 4.79 Å². The minimum atomic E-state index is -0.524. The summed E-state index contributed by atoms with van der Waals surface area (Å²) in [6.45, 7) is 5.06. The first-order valence-corrected chi connectivity index (χ1v) is 8.70. The second-order valence-corrected chi connectivity index (χ2v) is 7.00. The van der Waals surface area contributed by atoms with Crippen LogP contribution in [-0.4, -0.2) is 29.9 Å². The van der Waals surface area contributed by atoms with Gasteiger partial charge in [-0.2, -0.15) is 0 Å². The number of carbonyl (C=O) groups excluding carboxylic acids is 1. The quantitative estimate of drug-likeness (QED) is 0.804. The molecule has 0 saturated heterocycles. The number of nitrogens with one attached hydrogen (secondary N) is 1. The summed E-state index contributed by atoms with van der Waals surface area (Å²) in [6, 6.07) is 7.86. The Kier molecular flexibility index (Phi) is 5.97. The van der Waals surface area contributed by atoms with E-state index in [-0.39, 0.29) is 5.97 Å². The number of esters is 1. The van der Waals surface area contributed by atoms with Crippen molar-refractivity contribution in [3.05, 3.63) is 29.3 Å². The number of carbonyl (C=O) groups is 1. The lowest BCUT2D eigenvalue weighted by Crippen LogP contribution is -2.51. The maximum Gasteiger partial charge on any atom is 0.326 e. The summed E-state index contributed by atoms with van der Waals surface area (Å²) in [5.74, 6) is -0.117. The van der Waals surface area contributed by atoms with Gasteiger partial charge < -0.3 is 10.1 Å². The molecule has 1 aromatic carbocycles. The zero-order valence-corrected chi connectivity index (χ0v) is 14.1. The van der Waals surface area contributed by atoms with E-state index in [1.807, 2.05) is 38.1 Å². The van der Waals surface area contributed by atoms with E-state index in [0.717, 1.165) is 35.7 Å². The Hall–Kier alpha value is -0.710. The van der Waals surface area contributed by atoms with Gasteiger partial charge in [-0.05, 0) is 44.9 Å². The molecule has 1 N–H and O–H groups in total.